The molecule has 0 spiro atoms. The fourth-order valence-corrected chi connectivity index (χ4v) is 3.37. The predicted octanol–water partition coefficient (Wildman–Crippen LogP) is 2.28. The lowest BCUT2D eigenvalue weighted by Gasteiger charge is -2.26. The van der Waals surface area contributed by atoms with Gasteiger partial charge in [0.1, 0.15) is 0 Å². The van der Waals surface area contributed by atoms with Crippen molar-refractivity contribution in [3.63, 3.8) is 0 Å². The number of hydrogen-bond donors (Lipinski definition) is 1. The van der Waals surface area contributed by atoms with Crippen molar-refractivity contribution in [2.24, 2.45) is 11.3 Å². The van der Waals surface area contributed by atoms with Crippen molar-refractivity contribution >= 4 is 5.97 Å². The van der Waals surface area contributed by atoms with Gasteiger partial charge in [-0.1, -0.05) is 24.3 Å². The molecule has 1 unspecified atom stereocenters. The fraction of sp³-hybridized carbons (Fsp3) is 0.533. The Morgan fingerprint density at radius 1 is 1.33 bits per heavy atom. The predicted molar refractivity (Wildman–Crippen MR) is 67.5 cm³/mol. The zero-order chi connectivity index (χ0) is 12.6. The highest BCUT2D eigenvalue weighted by Crippen LogP contribution is 2.43. The molecule has 96 valence electrons. The first kappa shape index (κ1) is 11.7. The third-order valence-electron chi connectivity index (χ3n) is 4.33. The smallest absolute Gasteiger partial charge is 0.310 e. The first-order chi connectivity index (χ1) is 8.70. The minimum absolute atomic E-state index is 0.412. The Labute approximate surface area is 107 Å². The van der Waals surface area contributed by atoms with Gasteiger partial charge in [-0.3, -0.25) is 4.79 Å². The summed E-state index contributed by atoms with van der Waals surface area (Å²) < 4.78 is 5.38. The average Bonchev–Trinajstić information content (AvgIpc) is 2.96. The van der Waals surface area contributed by atoms with Crippen LogP contribution in [0.3, 0.4) is 0 Å². The van der Waals surface area contributed by atoms with Crippen LogP contribution in [-0.4, -0.2) is 24.3 Å². The Bertz CT molecular complexity index is 436. The first-order valence-electron chi connectivity index (χ1n) is 6.57. The monoisotopic (exact) mass is 246 g/mol. The summed E-state index contributed by atoms with van der Waals surface area (Å²) in [6.45, 7) is 1.51. The van der Waals surface area contributed by atoms with Gasteiger partial charge < -0.3 is 9.84 Å². The largest absolute Gasteiger partial charge is 0.481 e. The van der Waals surface area contributed by atoms with E-state index >= 15 is 0 Å². The number of rotatable bonds is 3. The van der Waals surface area contributed by atoms with E-state index in [0.717, 1.165) is 26.1 Å². The van der Waals surface area contributed by atoms with E-state index in [4.69, 9.17) is 4.74 Å². The highest BCUT2D eigenvalue weighted by molar-refractivity contribution is 5.77. The lowest BCUT2D eigenvalue weighted by Crippen LogP contribution is -2.34. The molecule has 1 aliphatic carbocycles. The molecular formula is C15H18O3. The zero-order valence-electron chi connectivity index (χ0n) is 10.4. The average molecular weight is 246 g/mol. The summed E-state index contributed by atoms with van der Waals surface area (Å²) in [6, 6.07) is 8.11. The van der Waals surface area contributed by atoms with Crippen molar-refractivity contribution in [2.45, 2.75) is 25.7 Å². The Morgan fingerprint density at radius 3 is 2.50 bits per heavy atom. The molecule has 1 heterocycles. The van der Waals surface area contributed by atoms with Crippen LogP contribution < -0.4 is 0 Å². The van der Waals surface area contributed by atoms with Crippen LogP contribution in [0.2, 0.25) is 0 Å². The van der Waals surface area contributed by atoms with E-state index in [2.05, 4.69) is 12.1 Å². The minimum Gasteiger partial charge on any atom is -0.481 e. The Hall–Kier alpha value is -1.35. The molecule has 3 heteroatoms. The van der Waals surface area contributed by atoms with Gasteiger partial charge in [-0.25, -0.2) is 0 Å². The third kappa shape index (κ3) is 1.93. The molecule has 1 aliphatic heterocycles. The van der Waals surface area contributed by atoms with Crippen LogP contribution in [0.15, 0.2) is 24.3 Å². The molecule has 18 heavy (non-hydrogen) atoms. The van der Waals surface area contributed by atoms with E-state index in [0.29, 0.717) is 18.8 Å². The second-order valence-electron chi connectivity index (χ2n) is 5.64. The van der Waals surface area contributed by atoms with Crippen LogP contribution in [-0.2, 0) is 22.4 Å². The minimum atomic E-state index is -0.648. The number of carboxylic acids is 1. The van der Waals surface area contributed by atoms with Crippen LogP contribution in [0, 0.1) is 11.3 Å². The van der Waals surface area contributed by atoms with E-state index in [9.17, 15) is 9.90 Å². The summed E-state index contributed by atoms with van der Waals surface area (Å²) in [5.74, 6) is -0.235. The maximum absolute atomic E-state index is 11.7. The third-order valence-corrected chi connectivity index (χ3v) is 4.33. The van der Waals surface area contributed by atoms with Gasteiger partial charge in [0.15, 0.2) is 0 Å². The van der Waals surface area contributed by atoms with Gasteiger partial charge in [0.25, 0.3) is 0 Å². The summed E-state index contributed by atoms with van der Waals surface area (Å²) >= 11 is 0. The molecule has 1 aromatic carbocycles. The quantitative estimate of drug-likeness (QED) is 0.890. The van der Waals surface area contributed by atoms with Gasteiger partial charge in [0.05, 0.1) is 5.41 Å². The summed E-state index contributed by atoms with van der Waals surface area (Å²) in [6.07, 6.45) is 3.10. The number of carboxylic acid groups (broad SMARTS) is 1. The van der Waals surface area contributed by atoms with Crippen molar-refractivity contribution < 1.29 is 14.6 Å². The van der Waals surface area contributed by atoms with Gasteiger partial charge in [-0.05, 0) is 42.7 Å². The van der Waals surface area contributed by atoms with Crippen molar-refractivity contribution in [1.82, 2.24) is 0 Å². The van der Waals surface area contributed by atoms with Gasteiger partial charge in [-0.2, -0.15) is 0 Å². The van der Waals surface area contributed by atoms with Gasteiger partial charge >= 0.3 is 5.97 Å². The lowest BCUT2D eigenvalue weighted by atomic mass is 9.76. The molecule has 2 aliphatic rings. The van der Waals surface area contributed by atoms with Crippen molar-refractivity contribution in [1.29, 1.82) is 0 Å². The van der Waals surface area contributed by atoms with E-state index in [-0.39, 0.29) is 0 Å². The molecule has 0 bridgehead atoms. The van der Waals surface area contributed by atoms with Crippen LogP contribution >= 0.6 is 0 Å². The molecule has 0 saturated carbocycles. The van der Waals surface area contributed by atoms with Gasteiger partial charge in [-0.15, -0.1) is 0 Å². The highest BCUT2D eigenvalue weighted by Gasteiger charge is 2.45. The second kappa shape index (κ2) is 4.39. The Morgan fingerprint density at radius 2 is 2.00 bits per heavy atom. The first-order valence-corrected chi connectivity index (χ1v) is 6.57. The van der Waals surface area contributed by atoms with E-state index < -0.39 is 11.4 Å². The molecule has 0 amide bonds. The SMILES string of the molecule is O=C(O)C1(CC2CCOC2)Cc2ccccc2C1. The number of aliphatic carboxylic acids is 1. The van der Waals surface area contributed by atoms with Crippen LogP contribution in [0.25, 0.3) is 0 Å². The molecule has 1 atom stereocenters. The van der Waals surface area contributed by atoms with E-state index in [1.165, 1.54) is 11.1 Å². The van der Waals surface area contributed by atoms with Gasteiger partial charge in [0, 0.05) is 13.2 Å². The standard InChI is InChI=1S/C15H18O3/c16-14(17)15(7-11-5-6-18-10-11)8-12-3-1-2-4-13(12)9-15/h1-4,11H,5-10H2,(H,16,17). The number of hydrogen-bond acceptors (Lipinski definition) is 2. The van der Waals surface area contributed by atoms with Crippen molar-refractivity contribution in [3.05, 3.63) is 35.4 Å². The van der Waals surface area contributed by atoms with Crippen LogP contribution in [0.1, 0.15) is 24.0 Å². The Balaban J connectivity index is 1.84. The van der Waals surface area contributed by atoms with Crippen LogP contribution in [0.5, 0.6) is 0 Å². The summed E-state index contributed by atoms with van der Waals surface area (Å²) in [7, 11) is 0. The second-order valence-corrected chi connectivity index (χ2v) is 5.64. The number of fused-ring (bicyclic) bond motifs is 1. The van der Waals surface area contributed by atoms with E-state index in [1.807, 2.05) is 12.1 Å². The number of carbonyl (C=O) groups is 1. The van der Waals surface area contributed by atoms with Crippen LogP contribution in [0.4, 0.5) is 0 Å². The molecule has 0 aromatic heterocycles. The fourth-order valence-electron chi connectivity index (χ4n) is 3.37. The summed E-state index contributed by atoms with van der Waals surface area (Å²) in [5, 5.41) is 9.66. The highest BCUT2D eigenvalue weighted by atomic mass is 16.5. The molecule has 1 aromatic rings. The van der Waals surface area contributed by atoms with Gasteiger partial charge in [0.2, 0.25) is 0 Å². The maximum atomic E-state index is 11.7. The molecular weight excluding hydrogens is 228 g/mol. The Kier molecular flexibility index (Phi) is 2.86. The van der Waals surface area contributed by atoms with Crippen molar-refractivity contribution in [3.8, 4) is 0 Å². The molecule has 1 saturated heterocycles. The number of ether oxygens (including phenoxy) is 1. The normalized spacial score (nSPS) is 25.0. The molecule has 1 fully saturated rings. The lowest BCUT2D eigenvalue weighted by molar-refractivity contribution is -0.149. The maximum Gasteiger partial charge on any atom is 0.310 e. The topological polar surface area (TPSA) is 46.5 Å². The molecule has 3 nitrogen and oxygen atoms in total. The van der Waals surface area contributed by atoms with E-state index in [1.54, 1.807) is 0 Å². The summed E-state index contributed by atoms with van der Waals surface area (Å²) in [5.41, 5.74) is 1.82. The molecule has 0 radical (unpaired) electrons. The molecule has 3 rings (SSSR count). The molecule has 1 N–H and O–H groups in total. The van der Waals surface area contributed by atoms with Crippen molar-refractivity contribution in [2.75, 3.05) is 13.2 Å². The number of benzene rings is 1. The summed E-state index contributed by atoms with van der Waals surface area (Å²) in [4.78, 5) is 11.7. The zero-order valence-corrected chi connectivity index (χ0v) is 10.4.